The molecule has 2 aromatic rings. The Bertz CT molecular complexity index is 675. The molecule has 2 rings (SSSR count). The monoisotopic (exact) mass is 301 g/mol. The number of hydrogen-bond donors (Lipinski definition) is 1. The van der Waals surface area contributed by atoms with Gasteiger partial charge in [0, 0.05) is 24.2 Å². The molecule has 0 saturated heterocycles. The maximum absolute atomic E-state index is 12.2. The number of benzene rings is 1. The fourth-order valence-electron chi connectivity index (χ4n) is 2.25. The summed E-state index contributed by atoms with van der Waals surface area (Å²) in [6.45, 7) is 7.00. The molecule has 5 nitrogen and oxygen atoms in total. The lowest BCUT2D eigenvalue weighted by Crippen LogP contribution is -2.28. The van der Waals surface area contributed by atoms with E-state index in [1.165, 1.54) is 4.68 Å². The van der Waals surface area contributed by atoms with E-state index in [1.807, 2.05) is 58.2 Å². The average Bonchev–Trinajstić information content (AvgIpc) is 2.50. The van der Waals surface area contributed by atoms with Crippen LogP contribution in [-0.4, -0.2) is 22.9 Å². The van der Waals surface area contributed by atoms with Crippen molar-refractivity contribution in [2.45, 2.75) is 40.0 Å². The van der Waals surface area contributed by atoms with Gasteiger partial charge in [0.1, 0.15) is 5.75 Å². The van der Waals surface area contributed by atoms with Crippen LogP contribution in [0.2, 0.25) is 0 Å². The second-order valence-corrected chi connectivity index (χ2v) is 5.40. The molecule has 0 spiro atoms. The molecule has 1 aromatic carbocycles. The van der Waals surface area contributed by atoms with Crippen molar-refractivity contribution >= 4 is 0 Å². The summed E-state index contributed by atoms with van der Waals surface area (Å²) in [7, 11) is 1.83. The van der Waals surface area contributed by atoms with Crippen molar-refractivity contribution < 1.29 is 4.74 Å². The molecule has 5 heteroatoms. The number of aryl methyl sites for hydroxylation is 1. The Kier molecular flexibility index (Phi) is 5.33. The van der Waals surface area contributed by atoms with Crippen LogP contribution < -0.4 is 15.6 Å². The first-order valence-electron chi connectivity index (χ1n) is 7.58. The van der Waals surface area contributed by atoms with Crippen molar-refractivity contribution in [3.8, 4) is 17.0 Å². The number of hydrogen-bond acceptors (Lipinski definition) is 4. The first-order chi connectivity index (χ1) is 10.5. The third-order valence-corrected chi connectivity index (χ3v) is 3.24. The Morgan fingerprint density at radius 1 is 1.27 bits per heavy atom. The lowest BCUT2D eigenvalue weighted by molar-refractivity contribution is 0.242. The summed E-state index contributed by atoms with van der Waals surface area (Å²) in [5.41, 5.74) is 2.44. The molecule has 0 bridgehead atoms. The summed E-state index contributed by atoms with van der Waals surface area (Å²) in [6, 6.07) is 9.64. The lowest BCUT2D eigenvalue weighted by atomic mass is 10.1. The molecule has 0 atom stereocenters. The molecule has 0 saturated carbocycles. The molecule has 22 heavy (non-hydrogen) atoms. The van der Waals surface area contributed by atoms with Gasteiger partial charge in [0.15, 0.2) is 0 Å². The molecule has 0 aliphatic rings. The van der Waals surface area contributed by atoms with Gasteiger partial charge in [-0.05, 0) is 58.2 Å². The van der Waals surface area contributed by atoms with Crippen LogP contribution in [0.3, 0.4) is 0 Å². The minimum absolute atomic E-state index is 0.0413. The molecular formula is C17H23N3O2. The van der Waals surface area contributed by atoms with Gasteiger partial charge in [0.05, 0.1) is 11.8 Å². The summed E-state index contributed by atoms with van der Waals surface area (Å²) in [4.78, 5) is 12.2. The standard InChI is InChI=1S/C17H23N3O2/c1-5-20-17(21)14(11-18-4)10-16(19-20)13-6-8-15(9-7-13)22-12(2)3/h6-10,12,18H,5,11H2,1-4H3. The van der Waals surface area contributed by atoms with Gasteiger partial charge in [-0.15, -0.1) is 0 Å². The Morgan fingerprint density at radius 2 is 1.95 bits per heavy atom. The van der Waals surface area contributed by atoms with E-state index >= 15 is 0 Å². The highest BCUT2D eigenvalue weighted by Gasteiger charge is 2.09. The second kappa shape index (κ2) is 7.22. The Labute approximate surface area is 130 Å². The molecule has 1 N–H and O–H groups in total. The van der Waals surface area contributed by atoms with Crippen LogP contribution in [0.15, 0.2) is 35.1 Å². The third kappa shape index (κ3) is 3.74. The van der Waals surface area contributed by atoms with Crippen LogP contribution in [0.1, 0.15) is 26.3 Å². The molecule has 0 aliphatic carbocycles. The molecule has 0 amide bonds. The predicted octanol–water partition coefficient (Wildman–Crippen LogP) is 2.44. The van der Waals surface area contributed by atoms with Crippen molar-refractivity contribution in [1.29, 1.82) is 0 Å². The van der Waals surface area contributed by atoms with Gasteiger partial charge in [-0.25, -0.2) is 4.68 Å². The SMILES string of the molecule is CCn1nc(-c2ccc(OC(C)C)cc2)cc(CNC)c1=O. The highest BCUT2D eigenvalue weighted by Crippen LogP contribution is 2.21. The Balaban J connectivity index is 2.39. The minimum atomic E-state index is -0.0413. The van der Waals surface area contributed by atoms with E-state index in [1.54, 1.807) is 0 Å². The number of nitrogens with one attached hydrogen (secondary N) is 1. The van der Waals surface area contributed by atoms with Crippen molar-refractivity contribution in [3.05, 3.63) is 46.2 Å². The average molecular weight is 301 g/mol. The number of aromatic nitrogens is 2. The first kappa shape index (κ1) is 16.2. The van der Waals surface area contributed by atoms with E-state index in [-0.39, 0.29) is 11.7 Å². The van der Waals surface area contributed by atoms with Gasteiger partial charge in [-0.1, -0.05) is 0 Å². The van der Waals surface area contributed by atoms with E-state index < -0.39 is 0 Å². The largest absolute Gasteiger partial charge is 0.491 e. The number of rotatable bonds is 6. The lowest BCUT2D eigenvalue weighted by Gasteiger charge is -2.11. The highest BCUT2D eigenvalue weighted by atomic mass is 16.5. The van der Waals surface area contributed by atoms with E-state index in [9.17, 15) is 4.79 Å². The maximum atomic E-state index is 12.2. The summed E-state index contributed by atoms with van der Waals surface area (Å²) in [5, 5.41) is 7.45. The van der Waals surface area contributed by atoms with Crippen LogP contribution in [0, 0.1) is 0 Å². The molecule has 1 heterocycles. The third-order valence-electron chi connectivity index (χ3n) is 3.24. The topological polar surface area (TPSA) is 56.1 Å². The van der Waals surface area contributed by atoms with Gasteiger partial charge in [0.2, 0.25) is 0 Å². The van der Waals surface area contributed by atoms with Crippen LogP contribution in [0.25, 0.3) is 11.3 Å². The van der Waals surface area contributed by atoms with Crippen LogP contribution in [0.5, 0.6) is 5.75 Å². The molecule has 0 radical (unpaired) electrons. The fourth-order valence-corrected chi connectivity index (χ4v) is 2.25. The number of nitrogens with zero attached hydrogens (tertiary/aromatic N) is 2. The zero-order valence-corrected chi connectivity index (χ0v) is 13.6. The van der Waals surface area contributed by atoms with Gasteiger partial charge in [-0.2, -0.15) is 5.10 Å². The molecule has 0 unspecified atom stereocenters. The Hall–Kier alpha value is -2.14. The molecule has 1 aromatic heterocycles. The van der Waals surface area contributed by atoms with Crippen molar-refractivity contribution in [1.82, 2.24) is 15.1 Å². The van der Waals surface area contributed by atoms with E-state index in [0.29, 0.717) is 13.1 Å². The Morgan fingerprint density at radius 3 is 2.50 bits per heavy atom. The summed E-state index contributed by atoms with van der Waals surface area (Å²) >= 11 is 0. The zero-order valence-electron chi connectivity index (χ0n) is 13.6. The molecule has 0 aliphatic heterocycles. The number of ether oxygens (including phenoxy) is 1. The molecular weight excluding hydrogens is 278 g/mol. The van der Waals surface area contributed by atoms with Gasteiger partial charge < -0.3 is 10.1 Å². The normalized spacial score (nSPS) is 11.0. The van der Waals surface area contributed by atoms with Gasteiger partial charge >= 0.3 is 0 Å². The van der Waals surface area contributed by atoms with Crippen molar-refractivity contribution in [2.75, 3.05) is 7.05 Å². The van der Waals surface area contributed by atoms with E-state index in [2.05, 4.69) is 10.4 Å². The van der Waals surface area contributed by atoms with Crippen LogP contribution in [0.4, 0.5) is 0 Å². The quantitative estimate of drug-likeness (QED) is 0.890. The first-order valence-corrected chi connectivity index (χ1v) is 7.58. The fraction of sp³-hybridized carbons (Fsp3) is 0.412. The highest BCUT2D eigenvalue weighted by molar-refractivity contribution is 5.60. The van der Waals surface area contributed by atoms with Crippen molar-refractivity contribution in [2.24, 2.45) is 0 Å². The maximum Gasteiger partial charge on any atom is 0.271 e. The minimum Gasteiger partial charge on any atom is -0.491 e. The smallest absolute Gasteiger partial charge is 0.271 e. The van der Waals surface area contributed by atoms with Crippen LogP contribution >= 0.6 is 0 Å². The molecule has 118 valence electrons. The second-order valence-electron chi connectivity index (χ2n) is 5.40. The van der Waals surface area contributed by atoms with E-state index in [0.717, 1.165) is 22.6 Å². The summed E-state index contributed by atoms with van der Waals surface area (Å²) in [5.74, 6) is 0.831. The molecule has 0 fully saturated rings. The summed E-state index contributed by atoms with van der Waals surface area (Å²) in [6.07, 6.45) is 0.146. The zero-order chi connectivity index (χ0) is 16.1. The predicted molar refractivity (Wildman–Crippen MR) is 88.1 cm³/mol. The summed E-state index contributed by atoms with van der Waals surface area (Å²) < 4.78 is 7.15. The van der Waals surface area contributed by atoms with Gasteiger partial charge in [-0.3, -0.25) is 4.79 Å². The van der Waals surface area contributed by atoms with E-state index in [4.69, 9.17) is 4.74 Å². The van der Waals surface area contributed by atoms with Crippen molar-refractivity contribution in [3.63, 3.8) is 0 Å². The van der Waals surface area contributed by atoms with Gasteiger partial charge in [0.25, 0.3) is 5.56 Å². The van der Waals surface area contributed by atoms with Crippen LogP contribution in [-0.2, 0) is 13.1 Å².